The molecule has 0 saturated heterocycles. The van der Waals surface area contributed by atoms with E-state index in [0.717, 1.165) is 6.07 Å². The minimum absolute atomic E-state index is 0.0222. The van der Waals surface area contributed by atoms with Crippen LogP contribution in [0.15, 0.2) is 47.5 Å². The molecule has 1 aromatic heterocycles. The molecule has 0 fully saturated rings. The van der Waals surface area contributed by atoms with E-state index in [4.69, 9.17) is 5.14 Å². The molecule has 0 bridgehead atoms. The third-order valence-corrected chi connectivity index (χ3v) is 4.11. The van der Waals surface area contributed by atoms with E-state index in [1.165, 1.54) is 43.5 Å². The van der Waals surface area contributed by atoms with Gasteiger partial charge >= 0.3 is 6.18 Å². The molecule has 2 aromatic rings. The normalized spacial score (nSPS) is 13.6. The molecule has 0 aliphatic rings. The number of aromatic nitrogens is 1. The lowest BCUT2D eigenvalue weighted by molar-refractivity contribution is -0.138. The number of alkyl halides is 3. The topological polar surface area (TPSA) is 85.1 Å². The summed E-state index contributed by atoms with van der Waals surface area (Å²) in [6, 6.07) is 6.82. The lowest BCUT2D eigenvalue weighted by Gasteiger charge is -2.20. The molecular weight excluding hydrogens is 331 g/mol. The van der Waals surface area contributed by atoms with Gasteiger partial charge in [-0.1, -0.05) is 18.2 Å². The van der Waals surface area contributed by atoms with Gasteiger partial charge in [-0.15, -0.1) is 0 Å². The van der Waals surface area contributed by atoms with Crippen LogP contribution in [0.3, 0.4) is 0 Å². The number of nitrogens with two attached hydrogens (primary N) is 1. The predicted molar refractivity (Wildman–Crippen MR) is 79.1 cm³/mol. The van der Waals surface area contributed by atoms with Crippen LogP contribution in [0.25, 0.3) is 0 Å². The number of nitrogens with zero attached hydrogens (tertiary/aromatic N) is 1. The summed E-state index contributed by atoms with van der Waals surface area (Å²) in [6.07, 6.45) is -3.20. The number of nitrogens with one attached hydrogen (secondary N) is 1. The van der Waals surface area contributed by atoms with E-state index >= 15 is 0 Å². The first-order chi connectivity index (χ1) is 10.6. The van der Waals surface area contributed by atoms with Crippen molar-refractivity contribution in [1.29, 1.82) is 0 Å². The van der Waals surface area contributed by atoms with Crippen molar-refractivity contribution in [2.75, 3.05) is 5.32 Å². The standard InChI is InChI=1S/C14H14F3N3O2S/c1-9(10-5-2-3-6-11(10)14(15,16)17)20-13-12(23(18,21)22)7-4-8-19-13/h2-9H,1H3,(H,19,20)(H2,18,21,22)/t9-/m0/s1. The number of hydrogen-bond acceptors (Lipinski definition) is 4. The minimum Gasteiger partial charge on any atom is -0.362 e. The van der Waals surface area contributed by atoms with Crippen LogP contribution in [0.2, 0.25) is 0 Å². The first kappa shape index (κ1) is 17.2. The van der Waals surface area contributed by atoms with Gasteiger partial charge in [-0.3, -0.25) is 0 Å². The monoisotopic (exact) mass is 345 g/mol. The van der Waals surface area contributed by atoms with E-state index in [2.05, 4.69) is 10.3 Å². The van der Waals surface area contributed by atoms with Crippen LogP contribution in [-0.4, -0.2) is 13.4 Å². The molecule has 0 aliphatic heterocycles. The summed E-state index contributed by atoms with van der Waals surface area (Å²) in [6.45, 7) is 1.48. The SMILES string of the molecule is C[C@H](Nc1ncccc1S(N)(=O)=O)c1ccccc1C(F)(F)F. The highest BCUT2D eigenvalue weighted by atomic mass is 32.2. The first-order valence-electron chi connectivity index (χ1n) is 6.51. The Labute approximate surface area is 131 Å². The van der Waals surface area contributed by atoms with Crippen LogP contribution in [0.1, 0.15) is 24.1 Å². The maximum absolute atomic E-state index is 13.1. The molecule has 0 saturated carbocycles. The molecule has 3 N–H and O–H groups in total. The van der Waals surface area contributed by atoms with Crippen molar-refractivity contribution in [3.8, 4) is 0 Å². The van der Waals surface area contributed by atoms with E-state index in [-0.39, 0.29) is 16.3 Å². The van der Waals surface area contributed by atoms with Crippen molar-refractivity contribution in [3.05, 3.63) is 53.7 Å². The van der Waals surface area contributed by atoms with Crippen molar-refractivity contribution in [2.24, 2.45) is 5.14 Å². The lowest BCUT2D eigenvalue weighted by atomic mass is 10.0. The summed E-state index contributed by atoms with van der Waals surface area (Å²) in [4.78, 5) is 3.57. The summed E-state index contributed by atoms with van der Waals surface area (Å²) < 4.78 is 62.2. The molecule has 0 amide bonds. The molecule has 1 aromatic carbocycles. The quantitative estimate of drug-likeness (QED) is 0.892. The molecule has 0 unspecified atom stereocenters. The van der Waals surface area contributed by atoms with Crippen molar-refractivity contribution < 1.29 is 21.6 Å². The van der Waals surface area contributed by atoms with E-state index in [0.29, 0.717) is 0 Å². The Hall–Kier alpha value is -2.13. The average molecular weight is 345 g/mol. The molecule has 0 spiro atoms. The number of primary sulfonamides is 1. The number of hydrogen-bond donors (Lipinski definition) is 2. The Morgan fingerprint density at radius 3 is 2.43 bits per heavy atom. The molecule has 0 aliphatic carbocycles. The summed E-state index contributed by atoms with van der Waals surface area (Å²) in [5.74, 6) is -0.0977. The second-order valence-electron chi connectivity index (χ2n) is 4.85. The molecule has 9 heteroatoms. The van der Waals surface area contributed by atoms with E-state index in [9.17, 15) is 21.6 Å². The highest BCUT2D eigenvalue weighted by Gasteiger charge is 2.34. The fourth-order valence-corrected chi connectivity index (χ4v) is 2.79. The molecule has 1 atom stereocenters. The van der Waals surface area contributed by atoms with Crippen molar-refractivity contribution >= 4 is 15.8 Å². The van der Waals surface area contributed by atoms with Crippen LogP contribution >= 0.6 is 0 Å². The number of anilines is 1. The fourth-order valence-electron chi connectivity index (χ4n) is 2.14. The molecule has 0 radical (unpaired) electrons. The van der Waals surface area contributed by atoms with Crippen molar-refractivity contribution in [2.45, 2.75) is 24.0 Å². The largest absolute Gasteiger partial charge is 0.416 e. The zero-order valence-electron chi connectivity index (χ0n) is 12.0. The van der Waals surface area contributed by atoms with Crippen LogP contribution in [-0.2, 0) is 16.2 Å². The van der Waals surface area contributed by atoms with Crippen LogP contribution < -0.4 is 10.5 Å². The molecule has 5 nitrogen and oxygen atoms in total. The second-order valence-corrected chi connectivity index (χ2v) is 6.38. The van der Waals surface area contributed by atoms with E-state index in [1.807, 2.05) is 0 Å². The van der Waals surface area contributed by atoms with Gasteiger partial charge in [0.2, 0.25) is 10.0 Å². The van der Waals surface area contributed by atoms with Gasteiger partial charge in [0.15, 0.2) is 0 Å². The number of benzene rings is 1. The first-order valence-corrected chi connectivity index (χ1v) is 8.06. The van der Waals surface area contributed by atoms with Crippen LogP contribution in [0, 0.1) is 0 Å². The van der Waals surface area contributed by atoms with Gasteiger partial charge < -0.3 is 5.32 Å². The van der Waals surface area contributed by atoms with Gasteiger partial charge in [-0.2, -0.15) is 13.2 Å². The fraction of sp³-hybridized carbons (Fsp3) is 0.214. The van der Waals surface area contributed by atoms with Gasteiger partial charge in [-0.05, 0) is 30.7 Å². The van der Waals surface area contributed by atoms with Gasteiger partial charge in [0.1, 0.15) is 10.7 Å². The predicted octanol–water partition coefficient (Wildman–Crippen LogP) is 2.92. The summed E-state index contributed by atoms with van der Waals surface area (Å²) in [5.41, 5.74) is -0.820. The zero-order valence-corrected chi connectivity index (χ0v) is 12.8. The Bertz CT molecular complexity index is 807. The summed E-state index contributed by atoms with van der Waals surface area (Å²) in [7, 11) is -4.05. The lowest BCUT2D eigenvalue weighted by Crippen LogP contribution is -2.19. The highest BCUT2D eigenvalue weighted by molar-refractivity contribution is 7.89. The third-order valence-electron chi connectivity index (χ3n) is 3.16. The van der Waals surface area contributed by atoms with Crippen LogP contribution in [0.4, 0.5) is 19.0 Å². The Kier molecular flexibility index (Phi) is 4.62. The average Bonchev–Trinajstić information content (AvgIpc) is 2.46. The second kappa shape index (κ2) is 6.17. The van der Waals surface area contributed by atoms with Crippen molar-refractivity contribution in [3.63, 3.8) is 0 Å². The van der Waals surface area contributed by atoms with Gasteiger partial charge in [-0.25, -0.2) is 18.5 Å². The molecule has 1 heterocycles. The molecule has 124 valence electrons. The van der Waals surface area contributed by atoms with Gasteiger partial charge in [0, 0.05) is 6.20 Å². The van der Waals surface area contributed by atoms with Gasteiger partial charge in [0.25, 0.3) is 0 Å². The maximum Gasteiger partial charge on any atom is 0.416 e. The Balaban J connectivity index is 2.41. The summed E-state index contributed by atoms with van der Waals surface area (Å²) >= 11 is 0. The van der Waals surface area contributed by atoms with E-state index in [1.54, 1.807) is 0 Å². The van der Waals surface area contributed by atoms with Crippen LogP contribution in [0.5, 0.6) is 0 Å². The summed E-state index contributed by atoms with van der Waals surface area (Å²) in [5, 5.41) is 7.76. The van der Waals surface area contributed by atoms with Crippen molar-refractivity contribution in [1.82, 2.24) is 4.98 Å². The Morgan fingerprint density at radius 1 is 1.17 bits per heavy atom. The minimum atomic E-state index is -4.51. The number of sulfonamides is 1. The number of halogens is 3. The zero-order chi connectivity index (χ0) is 17.3. The maximum atomic E-state index is 13.1. The molecule has 2 rings (SSSR count). The number of pyridine rings is 1. The van der Waals surface area contributed by atoms with E-state index < -0.39 is 27.8 Å². The Morgan fingerprint density at radius 2 is 1.83 bits per heavy atom. The smallest absolute Gasteiger partial charge is 0.362 e. The third kappa shape index (κ3) is 3.99. The molecule has 23 heavy (non-hydrogen) atoms. The molecular formula is C14H14F3N3O2S. The highest BCUT2D eigenvalue weighted by Crippen LogP contribution is 2.35. The number of rotatable bonds is 4. The van der Waals surface area contributed by atoms with Gasteiger partial charge in [0.05, 0.1) is 11.6 Å².